The van der Waals surface area contributed by atoms with E-state index < -0.39 is 0 Å². The van der Waals surface area contributed by atoms with Crippen LogP contribution in [0.4, 0.5) is 11.4 Å². The van der Waals surface area contributed by atoms with Crippen LogP contribution in [0.1, 0.15) is 10.4 Å². The molecule has 0 heterocycles. The summed E-state index contributed by atoms with van der Waals surface area (Å²) in [6.07, 6.45) is 0. The van der Waals surface area contributed by atoms with E-state index in [-0.39, 0.29) is 5.91 Å². The number of ether oxygens (including phenoxy) is 2. The molecule has 2 aromatic rings. The Hall–Kier alpha value is -2.21. The van der Waals surface area contributed by atoms with E-state index >= 15 is 0 Å². The quantitative estimate of drug-likeness (QED) is 0.829. The number of hydrogen-bond donors (Lipinski definition) is 2. The molecule has 0 saturated heterocycles. The predicted molar refractivity (Wildman–Crippen MR) is 86.1 cm³/mol. The van der Waals surface area contributed by atoms with Gasteiger partial charge in [0, 0.05) is 4.47 Å². The van der Waals surface area contributed by atoms with Gasteiger partial charge in [-0.15, -0.1) is 0 Å². The van der Waals surface area contributed by atoms with Gasteiger partial charge in [-0.05, 0) is 36.4 Å². The normalized spacial score (nSPS) is 10.0. The largest absolute Gasteiger partial charge is 0.497 e. The summed E-state index contributed by atoms with van der Waals surface area (Å²) in [6.45, 7) is 0. The Balaban J connectivity index is 2.31. The Labute approximate surface area is 131 Å². The van der Waals surface area contributed by atoms with Crippen molar-refractivity contribution in [3.05, 3.63) is 46.4 Å². The first-order chi connectivity index (χ1) is 10.0. The molecule has 6 heteroatoms. The molecule has 0 spiro atoms. The first-order valence-electron chi connectivity index (χ1n) is 6.13. The van der Waals surface area contributed by atoms with E-state index in [1.165, 1.54) is 14.2 Å². The molecule has 0 atom stereocenters. The van der Waals surface area contributed by atoms with Gasteiger partial charge in [-0.1, -0.05) is 15.9 Å². The van der Waals surface area contributed by atoms with Crippen LogP contribution >= 0.6 is 15.9 Å². The molecule has 0 aliphatic heterocycles. The second-order valence-corrected chi connectivity index (χ2v) is 5.17. The van der Waals surface area contributed by atoms with Crippen molar-refractivity contribution in [2.24, 2.45) is 0 Å². The molecule has 5 nitrogen and oxygen atoms in total. The van der Waals surface area contributed by atoms with Gasteiger partial charge >= 0.3 is 0 Å². The van der Waals surface area contributed by atoms with Crippen molar-refractivity contribution < 1.29 is 14.3 Å². The van der Waals surface area contributed by atoms with Gasteiger partial charge < -0.3 is 20.5 Å². The Kier molecular flexibility index (Phi) is 4.70. The van der Waals surface area contributed by atoms with E-state index in [2.05, 4.69) is 21.2 Å². The zero-order chi connectivity index (χ0) is 15.4. The summed E-state index contributed by atoms with van der Waals surface area (Å²) in [5, 5.41) is 2.76. The summed E-state index contributed by atoms with van der Waals surface area (Å²) in [4.78, 5) is 12.4. The molecule has 110 valence electrons. The summed E-state index contributed by atoms with van der Waals surface area (Å²) in [5.74, 6) is 0.716. The molecule has 0 unspecified atom stereocenters. The van der Waals surface area contributed by atoms with Crippen molar-refractivity contribution in [3.8, 4) is 11.5 Å². The number of amides is 1. The van der Waals surface area contributed by atoms with Gasteiger partial charge in [-0.3, -0.25) is 4.79 Å². The minimum Gasteiger partial charge on any atom is -0.497 e. The van der Waals surface area contributed by atoms with Crippen LogP contribution in [0.3, 0.4) is 0 Å². The van der Waals surface area contributed by atoms with E-state index in [0.29, 0.717) is 28.4 Å². The lowest BCUT2D eigenvalue weighted by Crippen LogP contribution is -2.14. The summed E-state index contributed by atoms with van der Waals surface area (Å²) in [7, 11) is 3.04. The zero-order valence-electron chi connectivity index (χ0n) is 11.6. The maximum atomic E-state index is 12.4. The number of rotatable bonds is 4. The number of nitrogens with one attached hydrogen (secondary N) is 1. The minimum atomic E-state index is -0.320. The van der Waals surface area contributed by atoms with Crippen molar-refractivity contribution in [1.82, 2.24) is 0 Å². The van der Waals surface area contributed by atoms with Gasteiger partial charge in [0.15, 0.2) is 0 Å². The molecule has 0 aromatic heterocycles. The molecule has 0 saturated carbocycles. The van der Waals surface area contributed by atoms with Crippen molar-refractivity contribution in [3.63, 3.8) is 0 Å². The first-order valence-corrected chi connectivity index (χ1v) is 6.93. The molecular formula is C15H15BrN2O3. The number of methoxy groups -OCH3 is 2. The average Bonchev–Trinajstić information content (AvgIpc) is 2.49. The smallest absolute Gasteiger partial charge is 0.259 e. The molecule has 0 radical (unpaired) electrons. The fourth-order valence-electron chi connectivity index (χ4n) is 1.83. The number of carbonyl (C=O) groups is 1. The van der Waals surface area contributed by atoms with Crippen molar-refractivity contribution in [2.45, 2.75) is 0 Å². The van der Waals surface area contributed by atoms with Crippen LogP contribution < -0.4 is 20.5 Å². The van der Waals surface area contributed by atoms with E-state index in [9.17, 15) is 4.79 Å². The Morgan fingerprint density at radius 3 is 2.52 bits per heavy atom. The van der Waals surface area contributed by atoms with Crippen LogP contribution in [0, 0.1) is 0 Å². The van der Waals surface area contributed by atoms with Crippen LogP contribution in [0.25, 0.3) is 0 Å². The predicted octanol–water partition coefficient (Wildman–Crippen LogP) is 3.30. The number of nitrogens with two attached hydrogens (primary N) is 1. The SMILES string of the molecule is COc1ccc(OC)c(C(=O)Nc2ccc(Br)cc2N)c1. The third-order valence-electron chi connectivity index (χ3n) is 2.91. The molecule has 0 aliphatic rings. The lowest BCUT2D eigenvalue weighted by molar-refractivity contribution is 0.102. The first kappa shape index (κ1) is 15.2. The van der Waals surface area contributed by atoms with Crippen molar-refractivity contribution >= 4 is 33.2 Å². The van der Waals surface area contributed by atoms with Gasteiger partial charge in [0.1, 0.15) is 11.5 Å². The van der Waals surface area contributed by atoms with Gasteiger partial charge in [0.25, 0.3) is 5.91 Å². The molecule has 2 rings (SSSR count). The van der Waals surface area contributed by atoms with E-state index in [1.54, 1.807) is 36.4 Å². The van der Waals surface area contributed by atoms with Crippen LogP contribution in [-0.4, -0.2) is 20.1 Å². The highest BCUT2D eigenvalue weighted by Crippen LogP contribution is 2.27. The zero-order valence-corrected chi connectivity index (χ0v) is 13.2. The highest BCUT2D eigenvalue weighted by atomic mass is 79.9. The number of carbonyl (C=O) groups excluding carboxylic acids is 1. The highest BCUT2D eigenvalue weighted by Gasteiger charge is 2.15. The molecule has 0 bridgehead atoms. The maximum absolute atomic E-state index is 12.4. The van der Waals surface area contributed by atoms with Crippen LogP contribution in [0.2, 0.25) is 0 Å². The summed E-state index contributed by atoms with van der Waals surface area (Å²) in [6, 6.07) is 10.3. The van der Waals surface area contributed by atoms with Gasteiger partial charge in [0.2, 0.25) is 0 Å². The van der Waals surface area contributed by atoms with Crippen LogP contribution in [-0.2, 0) is 0 Å². The Morgan fingerprint density at radius 2 is 1.90 bits per heavy atom. The summed E-state index contributed by atoms with van der Waals surface area (Å²) in [5.41, 5.74) is 7.26. The van der Waals surface area contributed by atoms with Crippen molar-refractivity contribution in [2.75, 3.05) is 25.3 Å². The number of anilines is 2. The summed E-state index contributed by atoms with van der Waals surface area (Å²) >= 11 is 3.32. The lowest BCUT2D eigenvalue weighted by atomic mass is 10.1. The van der Waals surface area contributed by atoms with E-state index in [1.807, 2.05) is 0 Å². The molecule has 3 N–H and O–H groups in total. The average molecular weight is 351 g/mol. The van der Waals surface area contributed by atoms with Crippen molar-refractivity contribution in [1.29, 1.82) is 0 Å². The topological polar surface area (TPSA) is 73.6 Å². The fourth-order valence-corrected chi connectivity index (χ4v) is 2.21. The minimum absolute atomic E-state index is 0.320. The third kappa shape index (κ3) is 3.46. The maximum Gasteiger partial charge on any atom is 0.259 e. The Bertz CT molecular complexity index is 674. The molecule has 1 amide bonds. The second-order valence-electron chi connectivity index (χ2n) is 4.25. The fraction of sp³-hybridized carbons (Fsp3) is 0.133. The van der Waals surface area contributed by atoms with Gasteiger partial charge in [-0.25, -0.2) is 0 Å². The van der Waals surface area contributed by atoms with Gasteiger partial charge in [-0.2, -0.15) is 0 Å². The standard InChI is InChI=1S/C15H15BrN2O3/c1-20-10-4-6-14(21-2)11(8-10)15(19)18-13-5-3-9(16)7-12(13)17/h3-8H,17H2,1-2H3,(H,18,19). The monoisotopic (exact) mass is 350 g/mol. The summed E-state index contributed by atoms with van der Waals surface area (Å²) < 4.78 is 11.2. The number of halogens is 1. The van der Waals surface area contributed by atoms with E-state index in [0.717, 1.165) is 4.47 Å². The van der Waals surface area contributed by atoms with E-state index in [4.69, 9.17) is 15.2 Å². The Morgan fingerprint density at radius 1 is 1.14 bits per heavy atom. The molecule has 0 fully saturated rings. The number of hydrogen-bond acceptors (Lipinski definition) is 4. The van der Waals surface area contributed by atoms with Crippen LogP contribution in [0.5, 0.6) is 11.5 Å². The molecule has 0 aliphatic carbocycles. The lowest BCUT2D eigenvalue weighted by Gasteiger charge is -2.12. The highest BCUT2D eigenvalue weighted by molar-refractivity contribution is 9.10. The number of nitrogen functional groups attached to an aromatic ring is 1. The van der Waals surface area contributed by atoms with Gasteiger partial charge in [0.05, 0.1) is 31.2 Å². The molecule has 21 heavy (non-hydrogen) atoms. The molecular weight excluding hydrogens is 336 g/mol. The number of benzene rings is 2. The second kappa shape index (κ2) is 6.49. The third-order valence-corrected chi connectivity index (χ3v) is 3.41. The molecule has 2 aromatic carbocycles. The van der Waals surface area contributed by atoms with Crippen LogP contribution in [0.15, 0.2) is 40.9 Å².